The molecule has 3 heteroatoms. The Balaban J connectivity index is 3.54. The molecule has 156 valence electrons. The van der Waals surface area contributed by atoms with Gasteiger partial charge in [0.1, 0.15) is 6.61 Å². The van der Waals surface area contributed by atoms with Gasteiger partial charge < -0.3 is 10.1 Å². The van der Waals surface area contributed by atoms with E-state index in [9.17, 15) is 4.79 Å². The molecular formula is C25H39NO2. The van der Waals surface area contributed by atoms with Gasteiger partial charge in [-0.3, -0.25) is 4.79 Å². The zero-order valence-corrected chi connectivity index (χ0v) is 17.8. The Hall–Kier alpha value is -2.13. The highest BCUT2D eigenvalue weighted by atomic mass is 16.5. The Morgan fingerprint density at radius 1 is 0.714 bits per heavy atom. The lowest BCUT2D eigenvalue weighted by atomic mass is 10.2. The van der Waals surface area contributed by atoms with Gasteiger partial charge in [0, 0.05) is 13.0 Å². The van der Waals surface area contributed by atoms with Gasteiger partial charge in [-0.05, 0) is 52.0 Å². The first-order valence-corrected chi connectivity index (χ1v) is 10.5. The van der Waals surface area contributed by atoms with Crippen molar-refractivity contribution in [3.8, 4) is 0 Å². The van der Waals surface area contributed by atoms with Crippen molar-refractivity contribution < 1.29 is 9.53 Å². The first-order valence-electron chi connectivity index (χ1n) is 10.5. The van der Waals surface area contributed by atoms with Gasteiger partial charge in [-0.15, -0.1) is 0 Å². The lowest BCUT2D eigenvalue weighted by Crippen LogP contribution is -2.17. The number of hydrogen-bond donors (Lipinski definition) is 1. The molecule has 0 spiro atoms. The van der Waals surface area contributed by atoms with Crippen molar-refractivity contribution in [1.29, 1.82) is 0 Å². The van der Waals surface area contributed by atoms with Crippen molar-refractivity contribution in [3.05, 3.63) is 72.9 Å². The van der Waals surface area contributed by atoms with Crippen LogP contribution in [0, 0.1) is 0 Å². The summed E-state index contributed by atoms with van der Waals surface area (Å²) in [7, 11) is 1.84. The fourth-order valence-electron chi connectivity index (χ4n) is 2.18. The molecule has 1 N–H and O–H groups in total. The summed E-state index contributed by atoms with van der Waals surface area (Å²) in [6.45, 7) is 3.30. The molecule has 0 saturated heterocycles. The molecule has 0 aromatic rings. The van der Waals surface area contributed by atoms with Crippen molar-refractivity contribution >= 4 is 5.97 Å². The number of ether oxygens (including phenoxy) is 1. The van der Waals surface area contributed by atoms with E-state index < -0.39 is 0 Å². The summed E-state index contributed by atoms with van der Waals surface area (Å²) in [4.78, 5) is 11.4. The van der Waals surface area contributed by atoms with Gasteiger partial charge in [-0.25, -0.2) is 0 Å². The lowest BCUT2D eigenvalue weighted by Gasteiger charge is -2.02. The predicted molar refractivity (Wildman–Crippen MR) is 122 cm³/mol. The molecule has 0 aliphatic rings. The summed E-state index contributed by atoms with van der Waals surface area (Å²) in [5.41, 5.74) is 0. The van der Waals surface area contributed by atoms with Gasteiger partial charge in [0.25, 0.3) is 0 Å². The van der Waals surface area contributed by atoms with Gasteiger partial charge in [0.2, 0.25) is 0 Å². The highest BCUT2D eigenvalue weighted by molar-refractivity contribution is 5.69. The maximum Gasteiger partial charge on any atom is 0.306 e. The van der Waals surface area contributed by atoms with Gasteiger partial charge in [0.15, 0.2) is 0 Å². The van der Waals surface area contributed by atoms with E-state index in [0.29, 0.717) is 19.6 Å². The normalized spacial score (nSPS) is 12.8. The average Bonchev–Trinajstić information content (AvgIpc) is 2.70. The molecular weight excluding hydrogens is 346 g/mol. The third kappa shape index (κ3) is 21.9. The van der Waals surface area contributed by atoms with Crippen molar-refractivity contribution in [1.82, 2.24) is 5.32 Å². The van der Waals surface area contributed by atoms with Crippen LogP contribution in [-0.2, 0) is 9.53 Å². The summed E-state index contributed by atoms with van der Waals surface area (Å²) in [5.74, 6) is -0.130. The smallest absolute Gasteiger partial charge is 0.306 e. The molecule has 0 amide bonds. The monoisotopic (exact) mass is 385 g/mol. The minimum Gasteiger partial charge on any atom is -0.464 e. The quantitative estimate of drug-likeness (QED) is 0.183. The van der Waals surface area contributed by atoms with E-state index in [4.69, 9.17) is 4.74 Å². The van der Waals surface area contributed by atoms with Gasteiger partial charge in [-0.1, -0.05) is 79.8 Å². The molecule has 0 saturated carbocycles. The van der Waals surface area contributed by atoms with Crippen LogP contribution in [-0.4, -0.2) is 26.2 Å². The molecule has 0 atom stereocenters. The summed E-state index contributed by atoms with van der Waals surface area (Å²) in [5, 5.41) is 2.94. The molecule has 0 aliphatic carbocycles. The Bertz CT molecular complexity index is 525. The van der Waals surface area contributed by atoms with Crippen LogP contribution in [0.25, 0.3) is 0 Å². The molecule has 0 bridgehead atoms. The topological polar surface area (TPSA) is 38.3 Å². The summed E-state index contributed by atoms with van der Waals surface area (Å²) in [6.07, 6.45) is 33.3. The molecule has 0 fully saturated rings. The zero-order chi connectivity index (χ0) is 20.5. The van der Waals surface area contributed by atoms with Gasteiger partial charge >= 0.3 is 5.97 Å². The number of hydrogen-bond acceptors (Lipinski definition) is 3. The van der Waals surface area contributed by atoms with Crippen molar-refractivity contribution in [2.24, 2.45) is 0 Å². The van der Waals surface area contributed by atoms with E-state index in [0.717, 1.165) is 44.9 Å². The number of esters is 1. The van der Waals surface area contributed by atoms with Crippen LogP contribution < -0.4 is 5.32 Å². The van der Waals surface area contributed by atoms with E-state index in [1.54, 1.807) is 0 Å². The van der Waals surface area contributed by atoms with Gasteiger partial charge in [0.05, 0.1) is 0 Å². The maximum atomic E-state index is 11.4. The third-order valence-corrected chi connectivity index (χ3v) is 3.73. The fourth-order valence-corrected chi connectivity index (χ4v) is 2.18. The first-order chi connectivity index (χ1) is 13.8. The lowest BCUT2D eigenvalue weighted by molar-refractivity contribution is -0.143. The van der Waals surface area contributed by atoms with Crippen LogP contribution in [0.5, 0.6) is 0 Å². The fraction of sp³-hybridized carbons (Fsp3) is 0.480. The SMILES string of the molecule is CC/C=C\C/C=C\C/C=C\C/C=C\C/C=C\C/C=C\CCC(=O)OCCNC. The second-order valence-electron chi connectivity index (χ2n) is 6.28. The minimum absolute atomic E-state index is 0.130. The molecule has 0 unspecified atom stereocenters. The summed E-state index contributed by atoms with van der Waals surface area (Å²) in [6, 6.07) is 0. The van der Waals surface area contributed by atoms with Crippen LogP contribution >= 0.6 is 0 Å². The number of carbonyl (C=O) groups excluding carboxylic acids is 1. The van der Waals surface area contributed by atoms with Crippen LogP contribution in [0.15, 0.2) is 72.9 Å². The van der Waals surface area contributed by atoms with E-state index in [1.807, 2.05) is 13.1 Å². The van der Waals surface area contributed by atoms with Crippen LogP contribution in [0.3, 0.4) is 0 Å². The highest BCUT2D eigenvalue weighted by Crippen LogP contribution is 1.98. The van der Waals surface area contributed by atoms with Crippen molar-refractivity contribution in [3.63, 3.8) is 0 Å². The summed E-state index contributed by atoms with van der Waals surface area (Å²) < 4.78 is 5.05. The second kappa shape index (κ2) is 22.9. The average molecular weight is 386 g/mol. The number of rotatable bonds is 17. The van der Waals surface area contributed by atoms with E-state index in [2.05, 4.69) is 79.1 Å². The molecule has 28 heavy (non-hydrogen) atoms. The Labute approximate surface area is 172 Å². The molecule has 0 radical (unpaired) electrons. The molecule has 3 nitrogen and oxygen atoms in total. The van der Waals surface area contributed by atoms with E-state index in [1.165, 1.54) is 0 Å². The van der Waals surface area contributed by atoms with Crippen molar-refractivity contribution in [2.45, 2.75) is 58.3 Å². The van der Waals surface area contributed by atoms with Crippen LogP contribution in [0.4, 0.5) is 0 Å². The Morgan fingerprint density at radius 2 is 1.14 bits per heavy atom. The predicted octanol–water partition coefficient (Wildman–Crippen LogP) is 6.23. The number of likely N-dealkylation sites (N-methyl/N-ethyl adjacent to an activating group) is 1. The number of carbonyl (C=O) groups is 1. The number of allylic oxidation sites excluding steroid dienone is 12. The third-order valence-electron chi connectivity index (χ3n) is 3.73. The molecule has 0 aromatic carbocycles. The zero-order valence-electron chi connectivity index (χ0n) is 17.8. The second-order valence-corrected chi connectivity index (χ2v) is 6.28. The van der Waals surface area contributed by atoms with E-state index >= 15 is 0 Å². The Morgan fingerprint density at radius 3 is 1.57 bits per heavy atom. The van der Waals surface area contributed by atoms with E-state index in [-0.39, 0.29) is 5.97 Å². The van der Waals surface area contributed by atoms with Gasteiger partial charge in [-0.2, -0.15) is 0 Å². The van der Waals surface area contributed by atoms with Crippen LogP contribution in [0.1, 0.15) is 58.3 Å². The summed E-state index contributed by atoms with van der Waals surface area (Å²) >= 11 is 0. The first kappa shape index (κ1) is 25.9. The molecule has 0 heterocycles. The van der Waals surface area contributed by atoms with Crippen molar-refractivity contribution in [2.75, 3.05) is 20.2 Å². The molecule has 0 aliphatic heterocycles. The standard InChI is InChI=1S/C25H39NO2/c1-3-4-5-6-7-8-9-10-11-12-13-14-15-16-17-18-19-20-21-22-25(27)28-24-23-26-2/h4-5,7-8,10-11,13-14,16-17,19-20,26H,3,6,9,12,15,18,21-24H2,1-2H3/b5-4-,8-7-,11-10-,14-13-,17-16-,20-19-. The highest BCUT2D eigenvalue weighted by Gasteiger charge is 1.99. The maximum absolute atomic E-state index is 11.4. The minimum atomic E-state index is -0.130. The number of nitrogens with one attached hydrogen (secondary N) is 1. The molecule has 0 aromatic heterocycles. The van der Waals surface area contributed by atoms with Crippen LogP contribution in [0.2, 0.25) is 0 Å². The molecule has 0 rings (SSSR count). The Kier molecular flexibility index (Phi) is 21.2. The largest absolute Gasteiger partial charge is 0.464 e.